The van der Waals surface area contributed by atoms with Crippen LogP contribution in [0.4, 0.5) is 0 Å². The van der Waals surface area contributed by atoms with E-state index in [4.69, 9.17) is 0 Å². The summed E-state index contributed by atoms with van der Waals surface area (Å²) in [6.45, 7) is 8.60. The summed E-state index contributed by atoms with van der Waals surface area (Å²) >= 11 is 0. The molecule has 6 rings (SSSR count). The minimum absolute atomic E-state index is 0. The van der Waals surface area contributed by atoms with E-state index in [9.17, 15) is 0 Å². The molecule has 36 heavy (non-hydrogen) atoms. The number of hydrogen-bond acceptors (Lipinski definition) is 0. The number of benzene rings is 4. The predicted octanol–water partition coefficient (Wildman–Crippen LogP) is 9.85. The summed E-state index contributed by atoms with van der Waals surface area (Å²) < 4.78 is 0. The van der Waals surface area contributed by atoms with Gasteiger partial charge in [-0.2, -0.15) is 12.1 Å². The third-order valence-electron chi connectivity index (χ3n) is 5.96. The molecule has 0 heterocycles. The Hall–Kier alpha value is -2.80. The molecule has 0 aromatic heterocycles. The quantitative estimate of drug-likeness (QED) is 0.146. The molecule has 0 atom stereocenters. The monoisotopic (exact) mass is 558 g/mol. The van der Waals surface area contributed by atoms with E-state index in [2.05, 4.69) is 148 Å². The third-order valence-corrected chi connectivity index (χ3v) is 5.96. The van der Waals surface area contributed by atoms with Gasteiger partial charge < -0.3 is 0 Å². The van der Waals surface area contributed by atoms with Gasteiger partial charge in [0.25, 0.3) is 0 Å². The first-order valence-corrected chi connectivity index (χ1v) is 14.1. The fourth-order valence-electron chi connectivity index (χ4n) is 4.51. The van der Waals surface area contributed by atoms with Gasteiger partial charge in [-0.1, -0.05) is 111 Å². The van der Waals surface area contributed by atoms with E-state index in [0.29, 0.717) is 0 Å². The van der Waals surface area contributed by atoms with Crippen LogP contribution in [-0.2, 0) is 26.2 Å². The molecule has 0 saturated carbocycles. The zero-order chi connectivity index (χ0) is 24.6. The Balaban J connectivity index is 0.000000177. The van der Waals surface area contributed by atoms with Gasteiger partial charge >= 0.3 is 26.2 Å². The van der Waals surface area contributed by atoms with Crippen molar-refractivity contribution in [1.29, 1.82) is 0 Å². The molecule has 3 radical (unpaired) electrons. The van der Waals surface area contributed by atoms with E-state index >= 15 is 0 Å². The average molecular weight is 560 g/mol. The van der Waals surface area contributed by atoms with E-state index < -0.39 is 0 Å². The molecular weight excluding hydrogens is 528 g/mol. The largest absolute Gasteiger partial charge is 3.00 e. The molecule has 0 spiro atoms. The standard InChI is InChI=1S/2C16H13.C2H6Si.Zr/c2*1-12-10-14-8-5-9-15(16(14)11-12)13-6-3-2-4-7-13;1-3-2;/h2*2-11H,1H3;1-2H3;/q2*-1;;+3. The minimum Gasteiger partial charge on any atom is -0.165 e. The topological polar surface area (TPSA) is 0 Å². The summed E-state index contributed by atoms with van der Waals surface area (Å²) in [5, 5.41) is 5.37. The number of fused-ring (bicyclic) bond motifs is 2. The molecule has 0 amide bonds. The van der Waals surface area contributed by atoms with E-state index in [1.54, 1.807) is 0 Å². The number of hydrogen-bond donors (Lipinski definition) is 0. The van der Waals surface area contributed by atoms with Gasteiger partial charge in [0.15, 0.2) is 0 Å². The molecule has 6 aromatic rings. The molecule has 0 fully saturated rings. The van der Waals surface area contributed by atoms with E-state index in [1.165, 1.54) is 54.9 Å². The van der Waals surface area contributed by atoms with Crippen molar-refractivity contribution in [3.8, 4) is 22.3 Å². The van der Waals surface area contributed by atoms with Crippen molar-refractivity contribution < 1.29 is 26.2 Å². The molecule has 0 bridgehead atoms. The van der Waals surface area contributed by atoms with Crippen molar-refractivity contribution in [2.75, 3.05) is 0 Å². The van der Waals surface area contributed by atoms with Crippen LogP contribution in [0.5, 0.6) is 0 Å². The molecule has 0 saturated heterocycles. The maximum atomic E-state index is 2.26. The predicted molar refractivity (Wildman–Crippen MR) is 157 cm³/mol. The average Bonchev–Trinajstić information content (AvgIpc) is 3.46. The van der Waals surface area contributed by atoms with Crippen LogP contribution in [0.1, 0.15) is 11.1 Å². The molecule has 175 valence electrons. The number of aryl methyl sites for hydroxylation is 2. The normalized spacial score (nSPS) is 10.1. The fourth-order valence-corrected chi connectivity index (χ4v) is 4.51. The summed E-state index contributed by atoms with van der Waals surface area (Å²) in [5.41, 5.74) is 7.89. The summed E-state index contributed by atoms with van der Waals surface area (Å²) in [6.07, 6.45) is 0. The van der Waals surface area contributed by atoms with Crippen molar-refractivity contribution in [2.24, 2.45) is 0 Å². The Morgan fingerprint density at radius 3 is 1.22 bits per heavy atom. The summed E-state index contributed by atoms with van der Waals surface area (Å²) in [5.74, 6) is 0. The van der Waals surface area contributed by atoms with Crippen molar-refractivity contribution >= 4 is 31.1 Å². The molecule has 0 aliphatic carbocycles. The van der Waals surface area contributed by atoms with Crippen molar-refractivity contribution in [3.05, 3.63) is 132 Å². The Bertz CT molecular complexity index is 1370. The second-order valence-electron chi connectivity index (χ2n) is 8.91. The van der Waals surface area contributed by atoms with Gasteiger partial charge in [-0.15, -0.1) is 69.1 Å². The third kappa shape index (κ3) is 6.69. The fraction of sp³-hybridized carbons (Fsp3) is 0.118. The Morgan fingerprint density at radius 2 is 0.861 bits per heavy atom. The van der Waals surface area contributed by atoms with Gasteiger partial charge in [0.2, 0.25) is 0 Å². The van der Waals surface area contributed by atoms with Gasteiger partial charge in [0.05, 0.1) is 0 Å². The second-order valence-corrected chi connectivity index (χ2v) is 9.91. The van der Waals surface area contributed by atoms with Gasteiger partial charge in [-0.25, -0.2) is 0 Å². The first-order chi connectivity index (χ1) is 17.1. The minimum atomic E-state index is 0. The first-order valence-electron chi connectivity index (χ1n) is 12.1. The van der Waals surface area contributed by atoms with Crippen LogP contribution in [-0.4, -0.2) is 9.52 Å². The van der Waals surface area contributed by atoms with E-state index in [-0.39, 0.29) is 26.2 Å². The first kappa shape index (κ1) is 27.8. The Kier molecular flexibility index (Phi) is 10.4. The van der Waals surface area contributed by atoms with Crippen LogP contribution >= 0.6 is 0 Å². The molecule has 0 N–H and O–H groups in total. The van der Waals surface area contributed by atoms with Gasteiger partial charge in [-0.05, 0) is 11.1 Å². The van der Waals surface area contributed by atoms with Crippen molar-refractivity contribution in [2.45, 2.75) is 26.9 Å². The van der Waals surface area contributed by atoms with Crippen LogP contribution in [0.3, 0.4) is 0 Å². The van der Waals surface area contributed by atoms with E-state index in [1.807, 2.05) is 0 Å². The summed E-state index contributed by atoms with van der Waals surface area (Å²) in [6, 6.07) is 43.1. The maximum Gasteiger partial charge on any atom is 3.00 e. The summed E-state index contributed by atoms with van der Waals surface area (Å²) in [7, 11) is 1.08. The van der Waals surface area contributed by atoms with E-state index in [0.717, 1.165) is 9.52 Å². The van der Waals surface area contributed by atoms with Gasteiger partial charge in [-0.3, -0.25) is 0 Å². The summed E-state index contributed by atoms with van der Waals surface area (Å²) in [4.78, 5) is 0. The van der Waals surface area contributed by atoms with Crippen molar-refractivity contribution in [1.82, 2.24) is 0 Å². The van der Waals surface area contributed by atoms with Crippen LogP contribution in [0.2, 0.25) is 13.1 Å². The molecule has 0 unspecified atom stereocenters. The zero-order valence-corrected chi connectivity index (χ0v) is 25.0. The van der Waals surface area contributed by atoms with Gasteiger partial charge in [0, 0.05) is 9.52 Å². The molecule has 6 aromatic carbocycles. The maximum absolute atomic E-state index is 2.26. The van der Waals surface area contributed by atoms with Crippen LogP contribution in [0.15, 0.2) is 121 Å². The van der Waals surface area contributed by atoms with Crippen LogP contribution in [0, 0.1) is 13.8 Å². The SMILES string of the molecule is C[Si]C.Cc1cc2c(-c3ccccc3)cccc2[cH-]1.Cc1cc2c(-c3ccccc3)cccc2[cH-]1.[Zr+3]. The number of rotatable bonds is 2. The smallest absolute Gasteiger partial charge is 0.165 e. The van der Waals surface area contributed by atoms with Crippen LogP contribution in [0.25, 0.3) is 43.8 Å². The second kappa shape index (κ2) is 13.5. The molecule has 2 heteroatoms. The van der Waals surface area contributed by atoms with Gasteiger partial charge in [0.1, 0.15) is 0 Å². The van der Waals surface area contributed by atoms with Crippen LogP contribution < -0.4 is 0 Å². The molecular formula is C34H32SiZr+. The Morgan fingerprint density at radius 1 is 0.500 bits per heavy atom. The Labute approximate surface area is 237 Å². The molecule has 0 aliphatic heterocycles. The van der Waals surface area contributed by atoms with Crippen molar-refractivity contribution in [3.63, 3.8) is 0 Å². The molecule has 0 aliphatic rings. The zero-order valence-electron chi connectivity index (χ0n) is 21.5. The molecule has 0 nitrogen and oxygen atoms in total.